The summed E-state index contributed by atoms with van der Waals surface area (Å²) in [4.78, 5) is 0.382. The zero-order chi connectivity index (χ0) is 14.2. The molecular formula is C14H17NO3S. The predicted molar refractivity (Wildman–Crippen MR) is 72.8 cm³/mol. The molecule has 102 valence electrons. The molecule has 0 N–H and O–H groups in total. The van der Waals surface area contributed by atoms with E-state index in [9.17, 15) is 8.42 Å². The van der Waals surface area contributed by atoms with Gasteiger partial charge < -0.3 is 4.52 Å². The molecule has 1 heterocycles. The second-order valence-electron chi connectivity index (χ2n) is 4.83. The molecule has 0 spiro atoms. The smallest absolute Gasteiger partial charge is 0.182 e. The Bertz CT molecular complexity index is 695. The highest BCUT2D eigenvalue weighted by atomic mass is 32.2. The quantitative estimate of drug-likeness (QED) is 0.866. The van der Waals surface area contributed by atoms with Crippen molar-refractivity contribution in [3.8, 4) is 0 Å². The van der Waals surface area contributed by atoms with Crippen LogP contribution in [0.15, 0.2) is 27.6 Å². The van der Waals surface area contributed by atoms with E-state index in [1.54, 1.807) is 26.8 Å². The summed E-state index contributed by atoms with van der Waals surface area (Å²) < 4.78 is 30.0. The molecule has 1 aromatic heterocycles. The van der Waals surface area contributed by atoms with Crippen molar-refractivity contribution in [3.63, 3.8) is 0 Å². The molecule has 0 unspecified atom stereocenters. The number of nitrogens with zero attached hydrogens (tertiary/aromatic N) is 1. The van der Waals surface area contributed by atoms with Gasteiger partial charge in [0.2, 0.25) is 0 Å². The van der Waals surface area contributed by atoms with Crippen LogP contribution in [-0.2, 0) is 15.6 Å². The summed E-state index contributed by atoms with van der Waals surface area (Å²) in [6.45, 7) is 7.17. The van der Waals surface area contributed by atoms with Crippen LogP contribution in [0.4, 0.5) is 0 Å². The third-order valence-corrected chi connectivity index (χ3v) is 4.97. The Kier molecular flexibility index (Phi) is 3.49. The van der Waals surface area contributed by atoms with E-state index in [1.165, 1.54) is 0 Å². The molecule has 0 radical (unpaired) electrons. The van der Waals surface area contributed by atoms with E-state index in [-0.39, 0.29) is 5.75 Å². The fourth-order valence-corrected chi connectivity index (χ4v) is 3.89. The molecule has 2 rings (SSSR count). The minimum absolute atomic E-state index is 0.0710. The molecule has 0 saturated carbocycles. The van der Waals surface area contributed by atoms with Gasteiger partial charge in [0, 0.05) is 5.56 Å². The van der Waals surface area contributed by atoms with Crippen molar-refractivity contribution < 1.29 is 12.9 Å². The zero-order valence-corrected chi connectivity index (χ0v) is 12.3. The number of rotatable bonds is 3. The highest BCUT2D eigenvalue weighted by Gasteiger charge is 2.22. The van der Waals surface area contributed by atoms with Gasteiger partial charge in [-0.2, -0.15) is 0 Å². The molecule has 2 aromatic rings. The van der Waals surface area contributed by atoms with Crippen LogP contribution in [-0.4, -0.2) is 13.6 Å². The van der Waals surface area contributed by atoms with Crippen LogP contribution in [0.3, 0.4) is 0 Å². The molecule has 0 bridgehead atoms. The Balaban J connectivity index is 2.47. The van der Waals surface area contributed by atoms with E-state index in [0.717, 1.165) is 11.1 Å². The first-order valence-electron chi connectivity index (χ1n) is 6.03. The van der Waals surface area contributed by atoms with Crippen LogP contribution in [0, 0.1) is 27.7 Å². The van der Waals surface area contributed by atoms with E-state index in [4.69, 9.17) is 4.52 Å². The lowest BCUT2D eigenvalue weighted by Crippen LogP contribution is -2.08. The molecule has 5 heteroatoms. The maximum atomic E-state index is 12.5. The number of sulfone groups is 1. The van der Waals surface area contributed by atoms with Crippen LogP contribution in [0.5, 0.6) is 0 Å². The summed E-state index contributed by atoms with van der Waals surface area (Å²) in [5.41, 5.74) is 2.98. The predicted octanol–water partition coefficient (Wildman–Crippen LogP) is 2.88. The standard InChI is InChI=1S/C14H17NO3S/c1-9-5-6-10(2)14(7-9)19(16,17)8-13-11(3)15-18-12(13)4/h5-7H,8H2,1-4H3. The molecule has 1 aromatic carbocycles. The second-order valence-corrected chi connectivity index (χ2v) is 6.79. The summed E-state index contributed by atoms with van der Waals surface area (Å²) >= 11 is 0. The van der Waals surface area contributed by atoms with Gasteiger partial charge in [-0.3, -0.25) is 0 Å². The number of aromatic nitrogens is 1. The van der Waals surface area contributed by atoms with Crippen molar-refractivity contribution in [1.29, 1.82) is 0 Å². The SMILES string of the molecule is Cc1ccc(C)c(S(=O)(=O)Cc2c(C)noc2C)c1. The van der Waals surface area contributed by atoms with Gasteiger partial charge in [0.1, 0.15) is 5.76 Å². The maximum absolute atomic E-state index is 12.5. The molecule has 0 fully saturated rings. The molecule has 0 atom stereocenters. The number of benzene rings is 1. The van der Waals surface area contributed by atoms with Crippen LogP contribution >= 0.6 is 0 Å². The summed E-state index contributed by atoms with van der Waals surface area (Å²) in [5, 5.41) is 3.79. The van der Waals surface area contributed by atoms with Gasteiger partial charge in [0.05, 0.1) is 16.3 Å². The van der Waals surface area contributed by atoms with Gasteiger partial charge in [0.15, 0.2) is 9.84 Å². The summed E-state index contributed by atoms with van der Waals surface area (Å²) in [6.07, 6.45) is 0. The largest absolute Gasteiger partial charge is 0.361 e. The highest BCUT2D eigenvalue weighted by Crippen LogP contribution is 2.24. The molecule has 0 amide bonds. The highest BCUT2D eigenvalue weighted by molar-refractivity contribution is 7.90. The number of aryl methyl sites for hydroxylation is 4. The lowest BCUT2D eigenvalue weighted by atomic mass is 10.2. The maximum Gasteiger partial charge on any atom is 0.182 e. The molecule has 0 aliphatic carbocycles. The van der Waals surface area contributed by atoms with Gasteiger partial charge in [-0.1, -0.05) is 17.3 Å². The van der Waals surface area contributed by atoms with E-state index < -0.39 is 9.84 Å². The van der Waals surface area contributed by atoms with Crippen molar-refractivity contribution >= 4 is 9.84 Å². The average molecular weight is 279 g/mol. The average Bonchev–Trinajstić information content (AvgIpc) is 2.63. The number of hydrogen-bond donors (Lipinski definition) is 0. The van der Waals surface area contributed by atoms with E-state index in [0.29, 0.717) is 21.9 Å². The molecular weight excluding hydrogens is 262 g/mol. The normalized spacial score (nSPS) is 11.8. The van der Waals surface area contributed by atoms with Gasteiger partial charge in [-0.05, 0) is 44.9 Å². The van der Waals surface area contributed by atoms with E-state index >= 15 is 0 Å². The first-order valence-corrected chi connectivity index (χ1v) is 7.68. The van der Waals surface area contributed by atoms with Crippen LogP contribution in [0.2, 0.25) is 0 Å². The van der Waals surface area contributed by atoms with Crippen LogP contribution < -0.4 is 0 Å². The Morgan fingerprint density at radius 1 is 1.16 bits per heavy atom. The van der Waals surface area contributed by atoms with Crippen molar-refractivity contribution in [1.82, 2.24) is 5.16 Å². The van der Waals surface area contributed by atoms with Gasteiger partial charge in [-0.25, -0.2) is 8.42 Å². The molecule has 4 nitrogen and oxygen atoms in total. The fourth-order valence-electron chi connectivity index (χ4n) is 2.02. The third-order valence-electron chi connectivity index (χ3n) is 3.19. The summed E-state index contributed by atoms with van der Waals surface area (Å²) in [5.74, 6) is 0.490. The van der Waals surface area contributed by atoms with Gasteiger partial charge in [0.25, 0.3) is 0 Å². The third kappa shape index (κ3) is 2.71. The van der Waals surface area contributed by atoms with Crippen LogP contribution in [0.1, 0.15) is 28.1 Å². The Morgan fingerprint density at radius 3 is 2.42 bits per heavy atom. The monoisotopic (exact) mass is 279 g/mol. The Hall–Kier alpha value is -1.62. The fraction of sp³-hybridized carbons (Fsp3) is 0.357. The summed E-state index contributed by atoms with van der Waals surface area (Å²) in [7, 11) is -3.38. The lowest BCUT2D eigenvalue weighted by molar-refractivity contribution is 0.392. The second kappa shape index (κ2) is 4.81. The number of hydrogen-bond acceptors (Lipinski definition) is 4. The van der Waals surface area contributed by atoms with Gasteiger partial charge in [-0.15, -0.1) is 0 Å². The zero-order valence-electron chi connectivity index (χ0n) is 11.5. The van der Waals surface area contributed by atoms with Crippen LogP contribution in [0.25, 0.3) is 0 Å². The summed E-state index contributed by atoms with van der Waals surface area (Å²) in [6, 6.07) is 5.45. The van der Waals surface area contributed by atoms with E-state index in [2.05, 4.69) is 5.16 Å². The van der Waals surface area contributed by atoms with E-state index in [1.807, 2.05) is 19.1 Å². The first kappa shape index (κ1) is 13.8. The van der Waals surface area contributed by atoms with Crippen molar-refractivity contribution in [2.75, 3.05) is 0 Å². The minimum Gasteiger partial charge on any atom is -0.361 e. The topological polar surface area (TPSA) is 60.2 Å². The van der Waals surface area contributed by atoms with Gasteiger partial charge >= 0.3 is 0 Å². The van der Waals surface area contributed by atoms with Crippen molar-refractivity contribution in [3.05, 3.63) is 46.3 Å². The minimum atomic E-state index is -3.38. The first-order chi connectivity index (χ1) is 8.81. The molecule has 0 aliphatic rings. The molecule has 0 saturated heterocycles. The van der Waals surface area contributed by atoms with Crippen molar-refractivity contribution in [2.24, 2.45) is 0 Å². The Labute approximate surface area is 113 Å². The Morgan fingerprint density at radius 2 is 1.84 bits per heavy atom. The van der Waals surface area contributed by atoms with Crippen molar-refractivity contribution in [2.45, 2.75) is 38.3 Å². The lowest BCUT2D eigenvalue weighted by Gasteiger charge is -2.08. The molecule has 19 heavy (non-hydrogen) atoms. The molecule has 0 aliphatic heterocycles.